The highest BCUT2D eigenvalue weighted by Crippen LogP contribution is 2.29. The number of benzene rings is 1. The molecule has 45 heavy (non-hydrogen) atoms. The van der Waals surface area contributed by atoms with Crippen LogP contribution in [0.4, 0.5) is 15.9 Å². The molecule has 5 heterocycles. The summed E-state index contributed by atoms with van der Waals surface area (Å²) in [6.45, 7) is 8.83. The van der Waals surface area contributed by atoms with Crippen LogP contribution in [0.25, 0.3) is 27.7 Å². The molecule has 0 saturated heterocycles. The Morgan fingerprint density at radius 2 is 1.87 bits per heavy atom. The van der Waals surface area contributed by atoms with E-state index in [2.05, 4.69) is 20.5 Å². The smallest absolute Gasteiger partial charge is 0.283 e. The minimum absolute atomic E-state index is 0.0257. The maximum Gasteiger partial charge on any atom is 0.283 e. The Labute approximate surface area is 256 Å². The molecular weight excluding hydrogens is 579 g/mol. The number of carbonyl (C=O) groups is 2. The second-order valence-corrected chi connectivity index (χ2v) is 12.1. The number of aryl methyl sites for hydroxylation is 1. The summed E-state index contributed by atoms with van der Waals surface area (Å²) < 4.78 is 19.4. The topological polar surface area (TPSA) is 137 Å². The van der Waals surface area contributed by atoms with E-state index < -0.39 is 11.4 Å². The van der Waals surface area contributed by atoms with Crippen LogP contribution in [-0.2, 0) is 30.3 Å². The first-order valence-corrected chi connectivity index (χ1v) is 14.3. The molecule has 0 bridgehead atoms. The van der Waals surface area contributed by atoms with Crippen LogP contribution in [0.15, 0.2) is 58.5 Å². The van der Waals surface area contributed by atoms with Gasteiger partial charge in [0, 0.05) is 49.9 Å². The molecule has 1 N–H and O–H groups in total. The van der Waals surface area contributed by atoms with Crippen molar-refractivity contribution in [2.24, 2.45) is 7.05 Å². The van der Waals surface area contributed by atoms with Crippen LogP contribution in [-0.4, -0.2) is 52.8 Å². The fourth-order valence-corrected chi connectivity index (χ4v) is 5.50. The lowest BCUT2D eigenvalue weighted by Crippen LogP contribution is -2.36. The number of rotatable bonds is 5. The molecule has 1 aliphatic heterocycles. The number of amides is 1. The summed E-state index contributed by atoms with van der Waals surface area (Å²) in [5, 5.41) is 12.0. The Bertz CT molecular complexity index is 2140. The normalized spacial score (nSPS) is 13.2. The average Bonchev–Trinajstić information content (AvgIpc) is 3.40. The Morgan fingerprint density at radius 1 is 1.09 bits per heavy atom. The van der Waals surface area contributed by atoms with E-state index in [0.29, 0.717) is 53.8 Å². The molecule has 0 saturated carbocycles. The monoisotopic (exact) mass is 610 g/mol. The number of carbonyl (C=O) groups excluding carboxylic acids is 2. The van der Waals surface area contributed by atoms with Crippen LogP contribution in [0.1, 0.15) is 49.3 Å². The minimum Gasteiger partial charge on any atom is -0.335 e. The molecule has 1 amide bonds. The van der Waals surface area contributed by atoms with E-state index in [-0.39, 0.29) is 39.3 Å². The fraction of sp³-hybridized carbons (Fsp3) is 0.281. The fourth-order valence-electron chi connectivity index (χ4n) is 5.50. The Hall–Kier alpha value is -5.46. The van der Waals surface area contributed by atoms with Crippen LogP contribution in [0.3, 0.4) is 0 Å². The molecule has 0 radical (unpaired) electrons. The van der Waals surface area contributed by atoms with Gasteiger partial charge in [0.05, 0.1) is 35.9 Å². The van der Waals surface area contributed by atoms with Crippen molar-refractivity contribution in [1.29, 1.82) is 0 Å². The third-order valence-electron chi connectivity index (χ3n) is 7.99. The lowest BCUT2D eigenvalue weighted by atomic mass is 9.86. The van der Waals surface area contributed by atoms with E-state index in [9.17, 15) is 19.2 Å². The average molecular weight is 611 g/mol. The zero-order valence-electron chi connectivity index (χ0n) is 25.5. The molecule has 1 aliphatic rings. The van der Waals surface area contributed by atoms with E-state index in [4.69, 9.17) is 0 Å². The van der Waals surface area contributed by atoms with Crippen molar-refractivity contribution in [3.05, 3.63) is 92.3 Å². The molecule has 5 aromatic rings. The summed E-state index contributed by atoms with van der Waals surface area (Å²) in [4.78, 5) is 57.0. The van der Waals surface area contributed by atoms with Gasteiger partial charge in [-0.25, -0.2) is 9.37 Å². The molecule has 0 atom stereocenters. The highest BCUT2D eigenvalue weighted by molar-refractivity contribution is 5.92. The lowest BCUT2D eigenvalue weighted by Gasteiger charge is -2.26. The van der Waals surface area contributed by atoms with Gasteiger partial charge in [-0.15, -0.1) is 0 Å². The van der Waals surface area contributed by atoms with Crippen LogP contribution in [0.2, 0.25) is 0 Å². The number of nitrogens with zero attached hydrogens (tertiary/aromatic N) is 7. The lowest BCUT2D eigenvalue weighted by molar-refractivity contribution is -0.130. The highest BCUT2D eigenvalue weighted by Gasteiger charge is 2.23. The van der Waals surface area contributed by atoms with Crippen molar-refractivity contribution in [3.63, 3.8) is 0 Å². The zero-order chi connectivity index (χ0) is 32.2. The molecule has 0 unspecified atom stereocenters. The van der Waals surface area contributed by atoms with Gasteiger partial charge in [0.1, 0.15) is 11.5 Å². The van der Waals surface area contributed by atoms with Crippen molar-refractivity contribution in [1.82, 2.24) is 34.0 Å². The molecular formula is C32H31FN8O4. The molecule has 4 aromatic heterocycles. The molecule has 0 fully saturated rings. The second kappa shape index (κ2) is 10.9. The number of aldehydes is 1. The number of hydrogen-bond donors (Lipinski definition) is 1. The van der Waals surface area contributed by atoms with Crippen molar-refractivity contribution in [2.75, 3.05) is 11.9 Å². The Morgan fingerprint density at radius 3 is 2.58 bits per heavy atom. The third-order valence-corrected chi connectivity index (χ3v) is 7.99. The van der Waals surface area contributed by atoms with E-state index in [1.165, 1.54) is 30.0 Å². The van der Waals surface area contributed by atoms with Gasteiger partial charge in [0.25, 0.3) is 11.1 Å². The van der Waals surface area contributed by atoms with E-state index in [1.54, 1.807) is 47.1 Å². The number of anilines is 2. The quantitative estimate of drug-likeness (QED) is 0.298. The van der Waals surface area contributed by atoms with Crippen LogP contribution in [0.5, 0.6) is 0 Å². The summed E-state index contributed by atoms with van der Waals surface area (Å²) in [6, 6.07) is 8.03. The summed E-state index contributed by atoms with van der Waals surface area (Å²) in [7, 11) is 1.58. The first-order chi connectivity index (χ1) is 21.3. The van der Waals surface area contributed by atoms with Gasteiger partial charge in [-0.05, 0) is 40.8 Å². The van der Waals surface area contributed by atoms with Gasteiger partial charge in [0.2, 0.25) is 5.91 Å². The number of aromatic nitrogens is 6. The van der Waals surface area contributed by atoms with Crippen molar-refractivity contribution < 1.29 is 14.0 Å². The number of fused-ring (bicyclic) bond motifs is 2. The maximum absolute atomic E-state index is 15.3. The van der Waals surface area contributed by atoms with Gasteiger partial charge in [0.15, 0.2) is 17.9 Å². The van der Waals surface area contributed by atoms with Crippen LogP contribution >= 0.6 is 0 Å². The largest absolute Gasteiger partial charge is 0.335 e. The maximum atomic E-state index is 15.3. The van der Waals surface area contributed by atoms with Crippen molar-refractivity contribution >= 4 is 34.5 Å². The Kier molecular flexibility index (Phi) is 7.18. The zero-order valence-corrected chi connectivity index (χ0v) is 25.5. The van der Waals surface area contributed by atoms with Gasteiger partial charge in [-0.3, -0.25) is 23.9 Å². The highest BCUT2D eigenvalue weighted by atomic mass is 19.1. The molecule has 230 valence electrons. The third kappa shape index (κ3) is 5.30. The predicted molar refractivity (Wildman–Crippen MR) is 166 cm³/mol. The molecule has 1 aromatic carbocycles. The number of hydrogen-bond acceptors (Lipinski definition) is 8. The second-order valence-electron chi connectivity index (χ2n) is 12.1. The van der Waals surface area contributed by atoms with Gasteiger partial charge < -0.3 is 14.8 Å². The van der Waals surface area contributed by atoms with E-state index in [1.807, 2.05) is 20.8 Å². The molecule has 0 spiro atoms. The van der Waals surface area contributed by atoms with E-state index >= 15 is 4.39 Å². The number of nitrogens with one attached hydrogen (secondary N) is 1. The van der Waals surface area contributed by atoms with Gasteiger partial charge in [-0.2, -0.15) is 14.9 Å². The number of pyridine rings is 2. The van der Waals surface area contributed by atoms with Crippen molar-refractivity contribution in [2.45, 2.75) is 46.2 Å². The standard InChI is InChI=1S/C32H31FN8O4/c1-18(43)39-8-9-40-22(16-39)13-27(37-40)36-26-11-20(15-38(5)30(26)44)23-6-7-34-29(24(23)17-42)41-31(45)28-19(14-35-41)10-21(12-25(28)33)32(2,3)4/h6-7,10-15,17H,8-9,16H2,1-5H3,(H,36,37). The molecule has 0 aliphatic carbocycles. The van der Waals surface area contributed by atoms with Crippen LogP contribution < -0.4 is 16.4 Å². The van der Waals surface area contributed by atoms with Gasteiger partial charge in [-0.1, -0.05) is 20.8 Å². The first kappa shape index (κ1) is 29.6. The molecule has 13 heteroatoms. The summed E-state index contributed by atoms with van der Waals surface area (Å²) in [5.41, 5.74) is 1.19. The summed E-state index contributed by atoms with van der Waals surface area (Å²) >= 11 is 0. The van der Waals surface area contributed by atoms with E-state index in [0.717, 1.165) is 10.4 Å². The summed E-state index contributed by atoms with van der Waals surface area (Å²) in [6.07, 6.45) is 4.91. The first-order valence-electron chi connectivity index (χ1n) is 14.3. The molecule has 12 nitrogen and oxygen atoms in total. The van der Waals surface area contributed by atoms with Crippen LogP contribution in [0, 0.1) is 5.82 Å². The SMILES string of the molecule is CC(=O)N1CCn2nc(Nc3cc(-c4ccnc(-n5ncc6cc(C(C)(C)C)cc(F)c6c5=O)c4C=O)cn(C)c3=O)cc2C1. The summed E-state index contributed by atoms with van der Waals surface area (Å²) in [5.74, 6) is -0.360. The van der Waals surface area contributed by atoms with Gasteiger partial charge >= 0.3 is 0 Å². The predicted octanol–water partition coefficient (Wildman–Crippen LogP) is 3.70. The Balaban J connectivity index is 1.41. The minimum atomic E-state index is -0.756. The van der Waals surface area contributed by atoms with Crippen molar-refractivity contribution in [3.8, 4) is 16.9 Å². The molecule has 6 rings (SSSR count). The number of halogens is 1.